The first kappa shape index (κ1) is 21.0. The van der Waals surface area contributed by atoms with Gasteiger partial charge in [0.2, 0.25) is 11.8 Å². The SMILES string of the molecule is CC(=O)C(NC(=O)CN1CCCC(C(=O)Nc2cccc(C)n2)C1)C(C)C. The lowest BCUT2D eigenvalue weighted by Gasteiger charge is -2.32. The van der Waals surface area contributed by atoms with E-state index in [1.807, 2.05) is 37.8 Å². The van der Waals surface area contributed by atoms with Gasteiger partial charge in [0.15, 0.2) is 5.78 Å². The number of amides is 2. The molecule has 0 radical (unpaired) electrons. The number of rotatable bonds is 7. The van der Waals surface area contributed by atoms with E-state index in [1.165, 1.54) is 6.92 Å². The van der Waals surface area contributed by atoms with Crippen molar-refractivity contribution in [3.63, 3.8) is 0 Å². The Balaban J connectivity index is 1.88. The van der Waals surface area contributed by atoms with E-state index in [0.717, 1.165) is 25.1 Å². The number of pyridine rings is 1. The Labute approximate surface area is 160 Å². The summed E-state index contributed by atoms with van der Waals surface area (Å²) in [6.07, 6.45) is 1.64. The van der Waals surface area contributed by atoms with Crippen molar-refractivity contribution in [2.24, 2.45) is 11.8 Å². The van der Waals surface area contributed by atoms with Gasteiger partial charge in [0.1, 0.15) is 5.82 Å². The van der Waals surface area contributed by atoms with E-state index in [9.17, 15) is 14.4 Å². The van der Waals surface area contributed by atoms with Gasteiger partial charge in [-0.3, -0.25) is 19.3 Å². The second-order valence-electron chi connectivity index (χ2n) is 7.63. The van der Waals surface area contributed by atoms with Crippen molar-refractivity contribution in [2.45, 2.75) is 46.6 Å². The third-order valence-corrected chi connectivity index (χ3v) is 4.80. The minimum absolute atomic E-state index is 0.0418. The first-order valence-corrected chi connectivity index (χ1v) is 9.53. The summed E-state index contributed by atoms with van der Waals surface area (Å²) in [4.78, 5) is 42.8. The average molecular weight is 374 g/mol. The van der Waals surface area contributed by atoms with Crippen molar-refractivity contribution in [2.75, 3.05) is 25.0 Å². The van der Waals surface area contributed by atoms with E-state index in [4.69, 9.17) is 0 Å². The minimum Gasteiger partial charge on any atom is -0.345 e. The van der Waals surface area contributed by atoms with Crippen molar-refractivity contribution < 1.29 is 14.4 Å². The summed E-state index contributed by atoms with van der Waals surface area (Å²) in [6, 6.07) is 5.04. The molecule has 0 aliphatic carbocycles. The Morgan fingerprint density at radius 3 is 2.67 bits per heavy atom. The number of Topliss-reactive ketones (excluding diaryl/α,β-unsaturated/α-hetero) is 1. The molecule has 1 aliphatic heterocycles. The van der Waals surface area contributed by atoms with Gasteiger partial charge in [-0.25, -0.2) is 4.98 Å². The molecule has 0 bridgehead atoms. The number of carbonyl (C=O) groups excluding carboxylic acids is 3. The third kappa shape index (κ3) is 6.43. The lowest BCUT2D eigenvalue weighted by Crippen LogP contribution is -2.49. The molecule has 0 saturated carbocycles. The molecule has 7 heteroatoms. The molecule has 2 rings (SSSR count). The predicted octanol–water partition coefficient (Wildman–Crippen LogP) is 1.77. The summed E-state index contributed by atoms with van der Waals surface area (Å²) < 4.78 is 0. The smallest absolute Gasteiger partial charge is 0.234 e. The number of hydrogen-bond acceptors (Lipinski definition) is 5. The summed E-state index contributed by atoms with van der Waals surface area (Å²) >= 11 is 0. The lowest BCUT2D eigenvalue weighted by atomic mass is 9.97. The van der Waals surface area contributed by atoms with Crippen LogP contribution in [0, 0.1) is 18.8 Å². The maximum atomic E-state index is 12.5. The van der Waals surface area contributed by atoms with Crippen LogP contribution < -0.4 is 10.6 Å². The highest BCUT2D eigenvalue weighted by molar-refractivity contribution is 5.92. The Morgan fingerprint density at radius 2 is 2.04 bits per heavy atom. The molecule has 1 aliphatic rings. The number of piperidine rings is 1. The molecule has 27 heavy (non-hydrogen) atoms. The fraction of sp³-hybridized carbons (Fsp3) is 0.600. The normalized spacial score (nSPS) is 18.8. The monoisotopic (exact) mass is 374 g/mol. The summed E-state index contributed by atoms with van der Waals surface area (Å²) in [5.41, 5.74) is 0.847. The maximum absolute atomic E-state index is 12.5. The number of anilines is 1. The largest absolute Gasteiger partial charge is 0.345 e. The van der Waals surface area contributed by atoms with Crippen LogP contribution in [-0.4, -0.2) is 53.2 Å². The number of hydrogen-bond donors (Lipinski definition) is 2. The average Bonchev–Trinajstić information content (AvgIpc) is 2.59. The first-order valence-electron chi connectivity index (χ1n) is 9.53. The quantitative estimate of drug-likeness (QED) is 0.759. The number of carbonyl (C=O) groups is 3. The van der Waals surface area contributed by atoms with E-state index in [-0.39, 0.29) is 36.0 Å². The zero-order valence-electron chi connectivity index (χ0n) is 16.6. The van der Waals surface area contributed by atoms with Gasteiger partial charge >= 0.3 is 0 Å². The van der Waals surface area contributed by atoms with Crippen molar-refractivity contribution >= 4 is 23.4 Å². The van der Waals surface area contributed by atoms with E-state index in [2.05, 4.69) is 15.6 Å². The molecule has 2 atom stereocenters. The summed E-state index contributed by atoms with van der Waals surface area (Å²) in [5, 5.41) is 5.68. The summed E-state index contributed by atoms with van der Waals surface area (Å²) in [6.45, 7) is 8.68. The number of nitrogens with zero attached hydrogens (tertiary/aromatic N) is 2. The van der Waals surface area contributed by atoms with Gasteiger partial charge in [-0.1, -0.05) is 19.9 Å². The molecule has 0 aromatic carbocycles. The molecular weight excluding hydrogens is 344 g/mol. The zero-order valence-corrected chi connectivity index (χ0v) is 16.6. The van der Waals surface area contributed by atoms with Crippen LogP contribution in [0.5, 0.6) is 0 Å². The van der Waals surface area contributed by atoms with Crippen molar-refractivity contribution in [3.05, 3.63) is 23.9 Å². The van der Waals surface area contributed by atoms with Crippen molar-refractivity contribution in [1.82, 2.24) is 15.2 Å². The zero-order chi connectivity index (χ0) is 20.0. The van der Waals surface area contributed by atoms with Crippen LogP contribution in [-0.2, 0) is 14.4 Å². The van der Waals surface area contributed by atoms with E-state index in [1.54, 1.807) is 6.07 Å². The molecule has 7 nitrogen and oxygen atoms in total. The molecule has 0 spiro atoms. The van der Waals surface area contributed by atoms with Crippen molar-refractivity contribution in [1.29, 1.82) is 0 Å². The van der Waals surface area contributed by atoms with Gasteiger partial charge in [0, 0.05) is 12.2 Å². The lowest BCUT2D eigenvalue weighted by molar-refractivity contribution is -0.129. The van der Waals surface area contributed by atoms with Crippen LogP contribution in [0.1, 0.15) is 39.3 Å². The highest BCUT2D eigenvalue weighted by atomic mass is 16.2. The molecule has 1 aromatic rings. The van der Waals surface area contributed by atoms with Gasteiger partial charge in [-0.2, -0.15) is 0 Å². The molecule has 1 fully saturated rings. The van der Waals surface area contributed by atoms with E-state index < -0.39 is 6.04 Å². The van der Waals surface area contributed by atoms with Crippen LogP contribution in [0.4, 0.5) is 5.82 Å². The number of likely N-dealkylation sites (tertiary alicyclic amines) is 1. The number of ketones is 1. The molecule has 2 N–H and O–H groups in total. The predicted molar refractivity (Wildman–Crippen MR) is 104 cm³/mol. The number of aromatic nitrogens is 1. The third-order valence-electron chi connectivity index (χ3n) is 4.80. The van der Waals surface area contributed by atoms with Crippen LogP contribution in [0.2, 0.25) is 0 Å². The Bertz CT molecular complexity index is 690. The number of nitrogens with one attached hydrogen (secondary N) is 2. The molecule has 148 valence electrons. The molecule has 1 saturated heterocycles. The minimum atomic E-state index is -0.464. The van der Waals surface area contributed by atoms with E-state index >= 15 is 0 Å². The van der Waals surface area contributed by atoms with E-state index in [0.29, 0.717) is 12.4 Å². The maximum Gasteiger partial charge on any atom is 0.234 e. The second-order valence-corrected chi connectivity index (χ2v) is 7.63. The first-order chi connectivity index (χ1) is 12.8. The van der Waals surface area contributed by atoms with Crippen LogP contribution in [0.25, 0.3) is 0 Å². The fourth-order valence-electron chi connectivity index (χ4n) is 3.41. The second kappa shape index (κ2) is 9.60. The topological polar surface area (TPSA) is 91.4 Å². The molecule has 1 aromatic heterocycles. The highest BCUT2D eigenvalue weighted by Crippen LogP contribution is 2.18. The van der Waals surface area contributed by atoms with Gasteiger partial charge in [0.25, 0.3) is 0 Å². The van der Waals surface area contributed by atoms with Crippen LogP contribution >= 0.6 is 0 Å². The molecule has 2 amide bonds. The van der Waals surface area contributed by atoms with Crippen LogP contribution in [0.3, 0.4) is 0 Å². The summed E-state index contributed by atoms with van der Waals surface area (Å²) in [7, 11) is 0. The van der Waals surface area contributed by atoms with Gasteiger partial charge in [-0.05, 0) is 51.3 Å². The van der Waals surface area contributed by atoms with Gasteiger partial charge in [-0.15, -0.1) is 0 Å². The highest BCUT2D eigenvalue weighted by Gasteiger charge is 2.28. The Kier molecular flexibility index (Phi) is 7.47. The molecular formula is C20H30N4O3. The van der Waals surface area contributed by atoms with Gasteiger partial charge in [0.05, 0.1) is 18.5 Å². The standard InChI is InChI=1S/C20H30N4O3/c1-13(2)19(15(4)25)23-18(26)12-24-10-6-8-16(11-24)20(27)22-17-9-5-7-14(3)21-17/h5,7,9,13,16,19H,6,8,10-12H2,1-4H3,(H,23,26)(H,21,22,27). The van der Waals surface area contributed by atoms with Crippen molar-refractivity contribution in [3.8, 4) is 0 Å². The Hall–Kier alpha value is -2.28. The fourth-order valence-corrected chi connectivity index (χ4v) is 3.41. The number of aryl methyl sites for hydroxylation is 1. The molecule has 2 heterocycles. The van der Waals surface area contributed by atoms with Gasteiger partial charge < -0.3 is 10.6 Å². The van der Waals surface area contributed by atoms with Crippen LogP contribution in [0.15, 0.2) is 18.2 Å². The Morgan fingerprint density at radius 1 is 1.30 bits per heavy atom. The molecule has 2 unspecified atom stereocenters. The summed E-state index contributed by atoms with van der Waals surface area (Å²) in [5.74, 6) is 0.138.